The van der Waals surface area contributed by atoms with Crippen LogP contribution >= 0.6 is 0 Å². The van der Waals surface area contributed by atoms with Gasteiger partial charge >= 0.3 is 0 Å². The van der Waals surface area contributed by atoms with Gasteiger partial charge in [-0.25, -0.2) is 4.39 Å². The standard InChI is InChI=1S/C12H16FNO3/c1-15-8-2-3-9(10(13)6-8)11(14)7-12-16-4-5-17-12/h2-3,6,11-12H,4-5,7,14H2,1H3. The minimum Gasteiger partial charge on any atom is -0.497 e. The Kier molecular flexibility index (Phi) is 3.93. The number of halogens is 1. The fraction of sp³-hybridized carbons (Fsp3) is 0.500. The highest BCUT2D eigenvalue weighted by molar-refractivity contribution is 5.30. The summed E-state index contributed by atoms with van der Waals surface area (Å²) in [5, 5.41) is 0. The Labute approximate surface area is 99.5 Å². The van der Waals surface area contributed by atoms with Crippen molar-refractivity contribution >= 4 is 0 Å². The number of hydrogen-bond acceptors (Lipinski definition) is 4. The Balaban J connectivity index is 2.04. The van der Waals surface area contributed by atoms with E-state index in [1.165, 1.54) is 13.2 Å². The van der Waals surface area contributed by atoms with E-state index in [4.69, 9.17) is 19.9 Å². The normalized spacial score (nSPS) is 18.3. The van der Waals surface area contributed by atoms with Crippen LogP contribution in [0.15, 0.2) is 18.2 Å². The lowest BCUT2D eigenvalue weighted by atomic mass is 10.0. The predicted octanol–water partition coefficient (Wildman–Crippen LogP) is 1.60. The second kappa shape index (κ2) is 5.44. The molecule has 1 aliphatic heterocycles. The first kappa shape index (κ1) is 12.3. The highest BCUT2D eigenvalue weighted by atomic mass is 19.1. The van der Waals surface area contributed by atoms with Gasteiger partial charge in [-0.2, -0.15) is 0 Å². The van der Waals surface area contributed by atoms with Gasteiger partial charge < -0.3 is 19.9 Å². The maximum Gasteiger partial charge on any atom is 0.159 e. The van der Waals surface area contributed by atoms with Gasteiger partial charge in [0.1, 0.15) is 11.6 Å². The van der Waals surface area contributed by atoms with E-state index in [2.05, 4.69) is 0 Å². The van der Waals surface area contributed by atoms with Gasteiger partial charge in [-0.05, 0) is 6.07 Å². The molecule has 1 aliphatic rings. The summed E-state index contributed by atoms with van der Waals surface area (Å²) in [5.74, 6) is 0.113. The monoisotopic (exact) mass is 241 g/mol. The minimum atomic E-state index is -0.441. The molecule has 2 rings (SSSR count). The molecule has 4 nitrogen and oxygen atoms in total. The molecule has 0 bridgehead atoms. The molecule has 0 radical (unpaired) electrons. The van der Waals surface area contributed by atoms with Gasteiger partial charge in [0.05, 0.1) is 20.3 Å². The topological polar surface area (TPSA) is 53.7 Å². The molecular formula is C12H16FNO3. The summed E-state index contributed by atoms with van der Waals surface area (Å²) < 4.78 is 29.2. The quantitative estimate of drug-likeness (QED) is 0.869. The average Bonchev–Trinajstić information content (AvgIpc) is 2.81. The van der Waals surface area contributed by atoms with Crippen molar-refractivity contribution in [1.29, 1.82) is 0 Å². The maximum atomic E-state index is 13.7. The highest BCUT2D eigenvalue weighted by Gasteiger charge is 2.22. The second-order valence-electron chi connectivity index (χ2n) is 3.90. The summed E-state index contributed by atoms with van der Waals surface area (Å²) in [6.45, 7) is 1.14. The van der Waals surface area contributed by atoms with Crippen LogP contribution in [0.1, 0.15) is 18.0 Å². The Morgan fingerprint density at radius 2 is 2.18 bits per heavy atom. The van der Waals surface area contributed by atoms with E-state index >= 15 is 0 Å². The number of methoxy groups -OCH3 is 1. The van der Waals surface area contributed by atoms with E-state index < -0.39 is 6.04 Å². The highest BCUT2D eigenvalue weighted by Crippen LogP contribution is 2.25. The lowest BCUT2D eigenvalue weighted by Crippen LogP contribution is -2.20. The molecule has 1 saturated heterocycles. The molecule has 1 atom stereocenters. The van der Waals surface area contributed by atoms with Crippen molar-refractivity contribution in [3.05, 3.63) is 29.6 Å². The molecule has 5 heteroatoms. The Bertz CT molecular complexity index is 380. The van der Waals surface area contributed by atoms with Crippen LogP contribution in [0.4, 0.5) is 4.39 Å². The smallest absolute Gasteiger partial charge is 0.159 e. The van der Waals surface area contributed by atoms with Crippen molar-refractivity contribution in [2.45, 2.75) is 18.8 Å². The second-order valence-corrected chi connectivity index (χ2v) is 3.90. The zero-order valence-corrected chi connectivity index (χ0v) is 9.69. The van der Waals surface area contributed by atoms with Gasteiger partial charge in [-0.1, -0.05) is 6.07 Å². The van der Waals surface area contributed by atoms with Gasteiger partial charge in [0.25, 0.3) is 0 Å². The lowest BCUT2D eigenvalue weighted by Gasteiger charge is -2.17. The molecule has 1 unspecified atom stereocenters. The first-order valence-electron chi connectivity index (χ1n) is 5.53. The van der Waals surface area contributed by atoms with E-state index in [0.29, 0.717) is 30.9 Å². The molecule has 2 N–H and O–H groups in total. The number of ether oxygens (including phenoxy) is 3. The zero-order chi connectivity index (χ0) is 12.3. The van der Waals surface area contributed by atoms with E-state index in [9.17, 15) is 4.39 Å². The molecule has 1 heterocycles. The largest absolute Gasteiger partial charge is 0.497 e. The summed E-state index contributed by atoms with van der Waals surface area (Å²) >= 11 is 0. The van der Waals surface area contributed by atoms with Gasteiger partial charge in [0.15, 0.2) is 6.29 Å². The first-order chi connectivity index (χ1) is 8.20. The first-order valence-corrected chi connectivity index (χ1v) is 5.53. The van der Waals surface area contributed by atoms with Crippen molar-refractivity contribution in [2.75, 3.05) is 20.3 Å². The summed E-state index contributed by atoms with van der Waals surface area (Å²) in [5.41, 5.74) is 6.38. The molecule has 17 heavy (non-hydrogen) atoms. The molecule has 0 spiro atoms. The third-order valence-electron chi connectivity index (χ3n) is 2.74. The van der Waals surface area contributed by atoms with E-state index in [0.717, 1.165) is 0 Å². The summed E-state index contributed by atoms with van der Waals surface area (Å²) in [4.78, 5) is 0. The molecule has 0 aromatic heterocycles. The van der Waals surface area contributed by atoms with Gasteiger partial charge in [-0.15, -0.1) is 0 Å². The fourth-order valence-corrected chi connectivity index (χ4v) is 1.81. The number of benzene rings is 1. The van der Waals surface area contributed by atoms with Crippen LogP contribution in [0, 0.1) is 5.82 Å². The maximum absolute atomic E-state index is 13.7. The molecule has 0 aliphatic carbocycles. The molecule has 1 fully saturated rings. The van der Waals surface area contributed by atoms with Crippen LogP contribution in [0.25, 0.3) is 0 Å². The van der Waals surface area contributed by atoms with Crippen molar-refractivity contribution in [2.24, 2.45) is 5.73 Å². The van der Waals surface area contributed by atoms with E-state index in [1.807, 2.05) is 0 Å². The SMILES string of the molecule is COc1ccc(C(N)CC2OCCO2)c(F)c1. The minimum absolute atomic E-state index is 0.327. The van der Waals surface area contributed by atoms with Crippen molar-refractivity contribution in [3.8, 4) is 5.75 Å². The Morgan fingerprint density at radius 1 is 1.47 bits per heavy atom. The van der Waals surface area contributed by atoms with Gasteiger partial charge in [-0.3, -0.25) is 0 Å². The molecule has 0 amide bonds. The number of hydrogen-bond donors (Lipinski definition) is 1. The van der Waals surface area contributed by atoms with E-state index in [1.54, 1.807) is 12.1 Å². The Morgan fingerprint density at radius 3 is 2.76 bits per heavy atom. The molecule has 1 aromatic carbocycles. The molecule has 94 valence electrons. The number of rotatable bonds is 4. The van der Waals surface area contributed by atoms with Crippen molar-refractivity contribution < 1.29 is 18.6 Å². The molecule has 0 saturated carbocycles. The summed E-state index contributed by atoms with van der Waals surface area (Å²) in [6, 6.07) is 4.21. The van der Waals surface area contributed by atoms with Gasteiger partial charge in [0.2, 0.25) is 0 Å². The summed E-state index contributed by atoms with van der Waals surface area (Å²) in [7, 11) is 1.49. The summed E-state index contributed by atoms with van der Waals surface area (Å²) in [6.07, 6.45) is 0.120. The zero-order valence-electron chi connectivity index (χ0n) is 9.69. The lowest BCUT2D eigenvalue weighted by molar-refractivity contribution is -0.0509. The van der Waals surface area contributed by atoms with Crippen molar-refractivity contribution in [1.82, 2.24) is 0 Å². The molecular weight excluding hydrogens is 225 g/mol. The van der Waals surface area contributed by atoms with Crippen LogP contribution < -0.4 is 10.5 Å². The van der Waals surface area contributed by atoms with Crippen LogP contribution in [0.3, 0.4) is 0 Å². The van der Waals surface area contributed by atoms with Crippen molar-refractivity contribution in [3.63, 3.8) is 0 Å². The van der Waals surface area contributed by atoms with Crippen LogP contribution in [0.5, 0.6) is 5.75 Å². The molecule has 1 aromatic rings. The van der Waals surface area contributed by atoms with Crippen LogP contribution in [-0.4, -0.2) is 26.6 Å². The predicted molar refractivity (Wildman–Crippen MR) is 60.2 cm³/mol. The van der Waals surface area contributed by atoms with Crippen LogP contribution in [-0.2, 0) is 9.47 Å². The van der Waals surface area contributed by atoms with Gasteiger partial charge in [0, 0.05) is 24.1 Å². The fourth-order valence-electron chi connectivity index (χ4n) is 1.81. The van der Waals surface area contributed by atoms with E-state index in [-0.39, 0.29) is 12.1 Å². The third kappa shape index (κ3) is 2.94. The van der Waals surface area contributed by atoms with Crippen LogP contribution in [0.2, 0.25) is 0 Å². The Hall–Kier alpha value is -1.17. The third-order valence-corrected chi connectivity index (χ3v) is 2.74. The average molecular weight is 241 g/mol. The number of nitrogens with two attached hydrogens (primary N) is 1.